The Bertz CT molecular complexity index is 1020. The molecule has 1 N–H and O–H groups in total. The molecule has 148 valence electrons. The molecule has 0 saturated carbocycles. The van der Waals surface area contributed by atoms with Gasteiger partial charge in [0.2, 0.25) is 0 Å². The van der Waals surface area contributed by atoms with E-state index in [-0.39, 0.29) is 5.91 Å². The van der Waals surface area contributed by atoms with E-state index in [1.54, 1.807) is 0 Å². The Hall–Kier alpha value is -2.08. The molecule has 6 heteroatoms. The van der Waals surface area contributed by atoms with Gasteiger partial charge in [-0.05, 0) is 53.8 Å². The lowest BCUT2D eigenvalue weighted by Crippen LogP contribution is -2.71. The van der Waals surface area contributed by atoms with Crippen LogP contribution in [-0.4, -0.2) is 54.8 Å². The van der Waals surface area contributed by atoms with Gasteiger partial charge in [0.05, 0.1) is 13.1 Å². The lowest BCUT2D eigenvalue weighted by Gasteiger charge is -2.32. The molecule has 0 atom stereocenters. The highest BCUT2D eigenvalue weighted by Crippen LogP contribution is 2.48. The summed E-state index contributed by atoms with van der Waals surface area (Å²) in [6.07, 6.45) is 5.04. The topological polar surface area (TPSA) is 37.5 Å². The summed E-state index contributed by atoms with van der Waals surface area (Å²) >= 11 is 8.20. The SMILES string of the molecule is O=C1CN(CCN2CCC(=C3c4ccccc4Sc4ccc(Cl)cc43)CC2)[C-]=[NH+]1. The summed E-state index contributed by atoms with van der Waals surface area (Å²) < 4.78 is 0. The summed E-state index contributed by atoms with van der Waals surface area (Å²) in [4.78, 5) is 21.0. The fourth-order valence-electron chi connectivity index (χ4n) is 4.28. The summed E-state index contributed by atoms with van der Waals surface area (Å²) in [5.41, 5.74) is 5.51. The van der Waals surface area contributed by atoms with Gasteiger partial charge in [-0.1, -0.05) is 47.1 Å². The second kappa shape index (κ2) is 7.98. The smallest absolute Gasteiger partial charge is 0.193 e. The van der Waals surface area contributed by atoms with Crippen molar-refractivity contribution in [3.63, 3.8) is 0 Å². The molecule has 1 saturated heterocycles. The number of likely N-dealkylation sites (tertiary alicyclic amines) is 1. The third kappa shape index (κ3) is 3.87. The van der Waals surface area contributed by atoms with Gasteiger partial charge in [0.15, 0.2) is 5.91 Å². The molecule has 0 aromatic heterocycles. The van der Waals surface area contributed by atoms with Crippen molar-refractivity contribution in [2.24, 2.45) is 0 Å². The van der Waals surface area contributed by atoms with E-state index in [0.717, 1.165) is 44.0 Å². The van der Waals surface area contributed by atoms with Gasteiger partial charge in [0.25, 0.3) is 0 Å². The summed E-state index contributed by atoms with van der Waals surface area (Å²) in [6, 6.07) is 14.9. The number of hydrogen-bond donors (Lipinski definition) is 1. The predicted octanol–water partition coefficient (Wildman–Crippen LogP) is 2.53. The van der Waals surface area contributed by atoms with E-state index in [4.69, 9.17) is 11.6 Å². The van der Waals surface area contributed by atoms with Crippen LogP contribution < -0.4 is 4.99 Å². The van der Waals surface area contributed by atoms with Crippen LogP contribution in [0.2, 0.25) is 5.02 Å². The minimum atomic E-state index is 0.0295. The monoisotopic (exact) mass is 423 g/mol. The van der Waals surface area contributed by atoms with E-state index in [9.17, 15) is 4.79 Å². The van der Waals surface area contributed by atoms with Gasteiger partial charge in [-0.15, -0.1) is 0 Å². The summed E-state index contributed by atoms with van der Waals surface area (Å²) in [7, 11) is 0. The number of benzene rings is 2. The molecule has 0 aliphatic carbocycles. The van der Waals surface area contributed by atoms with Crippen molar-refractivity contribution in [2.45, 2.75) is 22.6 Å². The van der Waals surface area contributed by atoms with Crippen LogP contribution in [0.3, 0.4) is 0 Å². The molecule has 29 heavy (non-hydrogen) atoms. The highest BCUT2D eigenvalue weighted by molar-refractivity contribution is 7.99. The number of carbonyl (C=O) groups is 1. The first-order valence-corrected chi connectivity index (χ1v) is 11.2. The van der Waals surface area contributed by atoms with Crippen LogP contribution in [0.5, 0.6) is 0 Å². The van der Waals surface area contributed by atoms with Crippen LogP contribution in [0.1, 0.15) is 24.0 Å². The van der Waals surface area contributed by atoms with Gasteiger partial charge in [0, 0.05) is 34.4 Å². The van der Waals surface area contributed by atoms with E-state index >= 15 is 0 Å². The maximum Gasteiger partial charge on any atom is 0.193 e. The van der Waals surface area contributed by atoms with Crippen molar-refractivity contribution < 1.29 is 9.79 Å². The molecule has 4 nitrogen and oxygen atoms in total. The third-order valence-corrected chi connectivity index (χ3v) is 7.16. The van der Waals surface area contributed by atoms with Gasteiger partial charge < -0.3 is 14.7 Å². The number of piperidine rings is 1. The van der Waals surface area contributed by atoms with Gasteiger partial charge in [-0.2, -0.15) is 0 Å². The predicted molar refractivity (Wildman–Crippen MR) is 116 cm³/mol. The van der Waals surface area contributed by atoms with E-state index in [1.807, 2.05) is 22.7 Å². The maximum atomic E-state index is 11.3. The number of amides is 1. The van der Waals surface area contributed by atoms with Crippen molar-refractivity contribution in [1.82, 2.24) is 9.80 Å². The number of fused-ring (bicyclic) bond motifs is 2. The van der Waals surface area contributed by atoms with E-state index in [2.05, 4.69) is 52.6 Å². The average Bonchev–Trinajstić information content (AvgIpc) is 3.16. The molecule has 3 heterocycles. The van der Waals surface area contributed by atoms with Crippen LogP contribution in [0.25, 0.3) is 5.57 Å². The Balaban J connectivity index is 1.37. The number of halogens is 1. The molecule has 1 fully saturated rings. The third-order valence-electron chi connectivity index (χ3n) is 5.77. The van der Waals surface area contributed by atoms with E-state index in [0.29, 0.717) is 6.54 Å². The highest BCUT2D eigenvalue weighted by atomic mass is 35.5. The van der Waals surface area contributed by atoms with Gasteiger partial charge in [-0.3, -0.25) is 4.90 Å². The van der Waals surface area contributed by atoms with Crippen LogP contribution in [0.15, 0.2) is 57.8 Å². The molecule has 2 aromatic carbocycles. The first kappa shape index (κ1) is 18.9. The van der Waals surface area contributed by atoms with Crippen molar-refractivity contribution in [3.05, 3.63) is 64.2 Å². The van der Waals surface area contributed by atoms with Crippen LogP contribution in [-0.2, 0) is 4.79 Å². The van der Waals surface area contributed by atoms with Crippen molar-refractivity contribution in [3.8, 4) is 0 Å². The lowest BCUT2D eigenvalue weighted by molar-refractivity contribution is -0.365. The van der Waals surface area contributed by atoms with E-state index in [1.165, 1.54) is 32.1 Å². The molecule has 0 bridgehead atoms. The zero-order chi connectivity index (χ0) is 19.8. The van der Waals surface area contributed by atoms with Crippen molar-refractivity contribution >= 4 is 41.2 Å². The molecular weight excluding hydrogens is 402 g/mol. The van der Waals surface area contributed by atoms with Crippen LogP contribution >= 0.6 is 23.4 Å². The summed E-state index contributed by atoms with van der Waals surface area (Å²) in [5, 5.41) is 0.792. The fourth-order valence-corrected chi connectivity index (χ4v) is 5.52. The minimum absolute atomic E-state index is 0.0295. The zero-order valence-corrected chi connectivity index (χ0v) is 17.7. The standard InChI is InChI=1S/C23H22ClN3OS/c24-17-5-6-21-19(13-17)23(18-3-1-2-4-20(18)29-21)16-7-9-26(10-8-16)11-12-27-14-22(28)25-15-27/h1-6,13,25H,7-12,14H2. The number of nitrogens with zero attached hydrogens (tertiary/aromatic N) is 2. The molecule has 3 aliphatic rings. The fraction of sp³-hybridized carbons (Fsp3) is 0.304. The molecule has 2 aromatic rings. The Kier molecular flexibility index (Phi) is 5.20. The Morgan fingerprint density at radius 1 is 1.03 bits per heavy atom. The molecule has 1 amide bonds. The highest BCUT2D eigenvalue weighted by Gasteiger charge is 2.26. The number of rotatable bonds is 3. The lowest BCUT2D eigenvalue weighted by atomic mass is 9.88. The largest absolute Gasteiger partial charge is 0.375 e. The molecule has 3 aliphatic heterocycles. The quantitative estimate of drug-likeness (QED) is 0.657. The van der Waals surface area contributed by atoms with Gasteiger partial charge in [-0.25, -0.2) is 0 Å². The second-order valence-electron chi connectivity index (χ2n) is 7.64. The normalized spacial score (nSPS) is 18.9. The first-order chi connectivity index (χ1) is 14.2. The van der Waals surface area contributed by atoms with Crippen molar-refractivity contribution in [2.75, 3.05) is 32.7 Å². The van der Waals surface area contributed by atoms with Gasteiger partial charge in [0.1, 0.15) is 6.34 Å². The van der Waals surface area contributed by atoms with Gasteiger partial charge >= 0.3 is 0 Å². The summed E-state index contributed by atoms with van der Waals surface area (Å²) in [6.45, 7) is 4.30. The summed E-state index contributed by atoms with van der Waals surface area (Å²) in [5.74, 6) is 0.0295. The molecule has 5 rings (SSSR count). The first-order valence-electron chi connectivity index (χ1n) is 9.98. The molecule has 0 spiro atoms. The average molecular weight is 424 g/mol. The van der Waals surface area contributed by atoms with Crippen LogP contribution in [0, 0.1) is 0 Å². The zero-order valence-electron chi connectivity index (χ0n) is 16.1. The minimum Gasteiger partial charge on any atom is -0.375 e. The number of hydrogen-bond acceptors (Lipinski definition) is 4. The number of carbonyl (C=O) groups excluding carboxylic acids is 1. The van der Waals surface area contributed by atoms with Crippen molar-refractivity contribution in [1.29, 1.82) is 0 Å². The Labute approximate surface area is 180 Å². The molecule has 0 radical (unpaired) electrons. The Morgan fingerprint density at radius 2 is 1.83 bits per heavy atom. The maximum absolute atomic E-state index is 11.3. The van der Waals surface area contributed by atoms with E-state index < -0.39 is 0 Å². The Morgan fingerprint density at radius 3 is 2.62 bits per heavy atom. The second-order valence-corrected chi connectivity index (χ2v) is 9.16. The molecule has 0 unspecified atom stereocenters. The van der Waals surface area contributed by atoms with Crippen LogP contribution in [0.4, 0.5) is 0 Å². The molecular formula is C23H22ClN3OS. The number of nitrogens with one attached hydrogen (secondary N) is 1.